The van der Waals surface area contributed by atoms with Crippen molar-refractivity contribution in [2.45, 2.75) is 33.7 Å². The summed E-state index contributed by atoms with van der Waals surface area (Å²) < 4.78 is 0. The van der Waals surface area contributed by atoms with Gasteiger partial charge < -0.3 is 15.7 Å². The maximum atomic E-state index is 11.7. The van der Waals surface area contributed by atoms with Crippen LogP contribution in [0.1, 0.15) is 31.4 Å². The molecule has 6 heteroatoms. The summed E-state index contributed by atoms with van der Waals surface area (Å²) in [6.07, 6.45) is 3.84. The van der Waals surface area contributed by atoms with E-state index in [0.717, 1.165) is 11.1 Å². The summed E-state index contributed by atoms with van der Waals surface area (Å²) in [5.41, 5.74) is 1.03. The summed E-state index contributed by atoms with van der Waals surface area (Å²) in [5, 5.41) is 14.4. The number of carboxylic acids is 1. The lowest BCUT2D eigenvalue weighted by molar-refractivity contribution is -0.147. The molecule has 0 aliphatic carbocycles. The van der Waals surface area contributed by atoms with E-state index in [2.05, 4.69) is 15.6 Å². The molecule has 0 radical (unpaired) electrons. The molecule has 1 atom stereocenters. The number of hydrogen-bond acceptors (Lipinski definition) is 3. The smallest absolute Gasteiger partial charge is 0.315 e. The van der Waals surface area contributed by atoms with Crippen LogP contribution in [0.5, 0.6) is 0 Å². The van der Waals surface area contributed by atoms with E-state index in [9.17, 15) is 9.59 Å². The Hall–Kier alpha value is -2.11. The molecule has 1 aromatic heterocycles. The zero-order valence-electron chi connectivity index (χ0n) is 12.1. The number of amides is 2. The highest BCUT2D eigenvalue weighted by Gasteiger charge is 2.31. The fourth-order valence-corrected chi connectivity index (χ4v) is 1.55. The number of urea groups is 1. The van der Waals surface area contributed by atoms with E-state index in [0.29, 0.717) is 13.0 Å². The van der Waals surface area contributed by atoms with Gasteiger partial charge in [0, 0.05) is 25.5 Å². The van der Waals surface area contributed by atoms with Crippen LogP contribution in [0, 0.1) is 12.3 Å². The maximum absolute atomic E-state index is 11.7. The first-order chi connectivity index (χ1) is 9.39. The van der Waals surface area contributed by atoms with Crippen molar-refractivity contribution in [1.29, 1.82) is 0 Å². The molecule has 0 bridgehead atoms. The first kappa shape index (κ1) is 15.9. The van der Waals surface area contributed by atoms with Crippen molar-refractivity contribution in [2.24, 2.45) is 5.41 Å². The molecular formula is C14H21N3O3. The highest BCUT2D eigenvalue weighted by Crippen LogP contribution is 2.19. The van der Waals surface area contributed by atoms with Crippen molar-refractivity contribution in [3.63, 3.8) is 0 Å². The van der Waals surface area contributed by atoms with Gasteiger partial charge in [-0.3, -0.25) is 9.78 Å². The fraction of sp³-hybridized carbons (Fsp3) is 0.500. The van der Waals surface area contributed by atoms with Crippen molar-refractivity contribution >= 4 is 12.0 Å². The summed E-state index contributed by atoms with van der Waals surface area (Å²) in [6.45, 7) is 5.79. The third-order valence-electron chi connectivity index (χ3n) is 3.52. The second-order valence-electron chi connectivity index (χ2n) is 5.06. The number of carbonyl (C=O) groups is 2. The Morgan fingerprint density at radius 1 is 1.40 bits per heavy atom. The highest BCUT2D eigenvalue weighted by atomic mass is 16.4. The Morgan fingerprint density at radius 3 is 2.65 bits per heavy atom. The van der Waals surface area contributed by atoms with Gasteiger partial charge in [-0.05, 0) is 37.5 Å². The minimum Gasteiger partial charge on any atom is -0.481 e. The van der Waals surface area contributed by atoms with Crippen LogP contribution in [0.25, 0.3) is 0 Å². The second kappa shape index (κ2) is 6.88. The van der Waals surface area contributed by atoms with E-state index >= 15 is 0 Å². The standard InChI is InChI=1S/C14H21N3O3/c1-4-14(3,12(18)19)9-17-13(20)16-8-11-7-15-6-5-10(11)2/h5-7H,4,8-9H2,1-3H3,(H,18,19)(H2,16,17,20). The topological polar surface area (TPSA) is 91.3 Å². The quantitative estimate of drug-likeness (QED) is 0.739. The van der Waals surface area contributed by atoms with Gasteiger partial charge in [-0.25, -0.2) is 4.79 Å². The van der Waals surface area contributed by atoms with E-state index < -0.39 is 11.4 Å². The maximum Gasteiger partial charge on any atom is 0.315 e. The first-order valence-electron chi connectivity index (χ1n) is 6.53. The number of rotatable bonds is 6. The van der Waals surface area contributed by atoms with Gasteiger partial charge in [0.2, 0.25) is 0 Å². The van der Waals surface area contributed by atoms with Crippen LogP contribution in [0.2, 0.25) is 0 Å². The van der Waals surface area contributed by atoms with Gasteiger partial charge in [-0.2, -0.15) is 0 Å². The predicted molar refractivity (Wildman–Crippen MR) is 75.2 cm³/mol. The second-order valence-corrected chi connectivity index (χ2v) is 5.06. The Balaban J connectivity index is 2.45. The molecule has 2 amide bonds. The normalized spacial score (nSPS) is 13.3. The number of nitrogens with zero attached hydrogens (tertiary/aromatic N) is 1. The molecule has 1 aromatic rings. The van der Waals surface area contributed by atoms with Gasteiger partial charge in [0.25, 0.3) is 0 Å². The summed E-state index contributed by atoms with van der Waals surface area (Å²) in [7, 11) is 0. The number of nitrogens with one attached hydrogen (secondary N) is 2. The zero-order valence-corrected chi connectivity index (χ0v) is 12.1. The van der Waals surface area contributed by atoms with Gasteiger partial charge in [0.05, 0.1) is 5.41 Å². The average molecular weight is 279 g/mol. The number of carboxylic acid groups (broad SMARTS) is 1. The van der Waals surface area contributed by atoms with Gasteiger partial charge in [0.15, 0.2) is 0 Å². The highest BCUT2D eigenvalue weighted by molar-refractivity contribution is 5.77. The molecule has 0 saturated carbocycles. The minimum absolute atomic E-state index is 0.0939. The molecule has 1 heterocycles. The lowest BCUT2D eigenvalue weighted by Gasteiger charge is -2.23. The van der Waals surface area contributed by atoms with Crippen LogP contribution in [0.3, 0.4) is 0 Å². The molecule has 0 fully saturated rings. The molecule has 110 valence electrons. The Labute approximate surface area is 118 Å². The summed E-state index contributed by atoms with van der Waals surface area (Å²) in [6, 6.07) is 1.49. The van der Waals surface area contributed by atoms with Crippen LogP contribution in [-0.2, 0) is 11.3 Å². The van der Waals surface area contributed by atoms with E-state index in [1.54, 1.807) is 26.2 Å². The molecule has 0 aliphatic heterocycles. The van der Waals surface area contributed by atoms with E-state index in [4.69, 9.17) is 5.11 Å². The van der Waals surface area contributed by atoms with Crippen LogP contribution in [0.15, 0.2) is 18.5 Å². The zero-order chi connectivity index (χ0) is 15.2. The number of carbonyl (C=O) groups excluding carboxylic acids is 1. The summed E-state index contributed by atoms with van der Waals surface area (Å²) in [5.74, 6) is -0.914. The minimum atomic E-state index is -0.943. The molecule has 20 heavy (non-hydrogen) atoms. The summed E-state index contributed by atoms with van der Waals surface area (Å²) in [4.78, 5) is 26.8. The SMILES string of the molecule is CCC(C)(CNC(=O)NCc1cnccc1C)C(=O)O. The van der Waals surface area contributed by atoms with Crippen molar-refractivity contribution in [3.05, 3.63) is 29.6 Å². The Kier molecular flexibility index (Phi) is 5.49. The number of aryl methyl sites for hydroxylation is 1. The fourth-order valence-electron chi connectivity index (χ4n) is 1.55. The molecule has 0 aliphatic rings. The molecule has 1 unspecified atom stereocenters. The number of aromatic nitrogens is 1. The average Bonchev–Trinajstić information content (AvgIpc) is 2.43. The lowest BCUT2D eigenvalue weighted by Crippen LogP contribution is -2.44. The van der Waals surface area contributed by atoms with E-state index in [-0.39, 0.29) is 12.6 Å². The molecule has 0 spiro atoms. The molecule has 6 nitrogen and oxygen atoms in total. The van der Waals surface area contributed by atoms with Crippen LogP contribution < -0.4 is 10.6 Å². The van der Waals surface area contributed by atoms with Crippen molar-refractivity contribution < 1.29 is 14.7 Å². The number of pyridine rings is 1. The van der Waals surface area contributed by atoms with Gasteiger partial charge in [0.1, 0.15) is 0 Å². The van der Waals surface area contributed by atoms with Crippen molar-refractivity contribution in [3.8, 4) is 0 Å². The van der Waals surface area contributed by atoms with E-state index in [1.165, 1.54) is 0 Å². The molecule has 1 rings (SSSR count). The molecular weight excluding hydrogens is 258 g/mol. The van der Waals surface area contributed by atoms with Crippen LogP contribution in [0.4, 0.5) is 4.79 Å². The first-order valence-corrected chi connectivity index (χ1v) is 6.53. The van der Waals surface area contributed by atoms with Crippen molar-refractivity contribution in [1.82, 2.24) is 15.6 Å². The van der Waals surface area contributed by atoms with Gasteiger partial charge in [-0.1, -0.05) is 6.92 Å². The largest absolute Gasteiger partial charge is 0.481 e. The monoisotopic (exact) mass is 279 g/mol. The van der Waals surface area contributed by atoms with Crippen molar-refractivity contribution in [2.75, 3.05) is 6.54 Å². The summed E-state index contributed by atoms with van der Waals surface area (Å²) >= 11 is 0. The van der Waals surface area contributed by atoms with Gasteiger partial charge >= 0.3 is 12.0 Å². The third kappa shape index (κ3) is 4.22. The Morgan fingerprint density at radius 2 is 2.10 bits per heavy atom. The predicted octanol–water partition coefficient (Wildman–Crippen LogP) is 1.69. The number of aliphatic carboxylic acids is 1. The lowest BCUT2D eigenvalue weighted by atomic mass is 9.88. The van der Waals surface area contributed by atoms with Gasteiger partial charge in [-0.15, -0.1) is 0 Å². The molecule has 3 N–H and O–H groups in total. The molecule has 0 aromatic carbocycles. The third-order valence-corrected chi connectivity index (χ3v) is 3.52. The Bertz CT molecular complexity index is 490. The van der Waals surface area contributed by atoms with Crippen LogP contribution >= 0.6 is 0 Å². The number of hydrogen-bond donors (Lipinski definition) is 3. The van der Waals surface area contributed by atoms with E-state index in [1.807, 2.05) is 13.0 Å². The van der Waals surface area contributed by atoms with Crippen LogP contribution in [-0.4, -0.2) is 28.6 Å². The molecule has 0 saturated heterocycles.